The molecule has 0 atom stereocenters. The number of anilines is 3. The Bertz CT molecular complexity index is 2170. The number of primary amides is 1. The van der Waals surface area contributed by atoms with Crippen molar-refractivity contribution in [2.24, 2.45) is 5.73 Å². The molecule has 0 unspecified atom stereocenters. The molecular weight excluding hydrogens is 795 g/mol. The summed E-state index contributed by atoms with van der Waals surface area (Å²) in [4.78, 5) is 72.6. The van der Waals surface area contributed by atoms with E-state index in [0.717, 1.165) is 43.9 Å². The Morgan fingerprint density at radius 2 is 1.60 bits per heavy atom. The van der Waals surface area contributed by atoms with Gasteiger partial charge in [-0.25, -0.2) is 14.8 Å². The Labute approximate surface area is 348 Å². The number of nitrogen functional groups attached to an aromatic ring is 1. The van der Waals surface area contributed by atoms with Crippen molar-refractivity contribution in [1.82, 2.24) is 19.9 Å². The predicted molar refractivity (Wildman–Crippen MR) is 228 cm³/mol. The third-order valence-corrected chi connectivity index (χ3v) is 9.27. The van der Waals surface area contributed by atoms with Crippen LogP contribution in [0.15, 0.2) is 83.8 Å². The van der Waals surface area contributed by atoms with Crippen molar-refractivity contribution < 1.29 is 42.6 Å². The zero-order chi connectivity index (χ0) is 43.7. The molecule has 0 spiro atoms. The van der Waals surface area contributed by atoms with E-state index >= 15 is 0 Å². The van der Waals surface area contributed by atoms with Gasteiger partial charge >= 0.3 is 14.6 Å². The average molecular weight is 847 g/mol. The zero-order valence-electron chi connectivity index (χ0n) is 33.7. The van der Waals surface area contributed by atoms with E-state index < -0.39 is 26.0 Å². The van der Waals surface area contributed by atoms with E-state index in [2.05, 4.69) is 30.6 Å². The molecule has 8 N–H and O–H groups in total. The number of aromatic amines is 1. The maximum Gasteiger partial charge on any atom is 0.345 e. The minimum atomic E-state index is -1.26. The van der Waals surface area contributed by atoms with Crippen LogP contribution >= 0.6 is 8.60 Å². The minimum absolute atomic E-state index is 0.00258. The normalized spacial score (nSPS) is 10.5. The van der Waals surface area contributed by atoms with E-state index in [1.54, 1.807) is 60.7 Å². The van der Waals surface area contributed by atoms with Crippen molar-refractivity contribution in [2.45, 2.75) is 58.9 Å². The van der Waals surface area contributed by atoms with Crippen LogP contribution in [0.5, 0.6) is 5.75 Å². The van der Waals surface area contributed by atoms with Gasteiger partial charge in [0.2, 0.25) is 17.8 Å². The molecule has 0 aliphatic heterocycles. The van der Waals surface area contributed by atoms with Gasteiger partial charge in [-0.3, -0.25) is 19.4 Å². The van der Waals surface area contributed by atoms with Crippen molar-refractivity contribution >= 4 is 61.2 Å². The second kappa shape index (κ2) is 26.8. The van der Waals surface area contributed by atoms with Crippen molar-refractivity contribution in [3.63, 3.8) is 0 Å². The first kappa shape index (κ1) is 48.2. The highest BCUT2D eigenvalue weighted by Gasteiger charge is 2.16. The Morgan fingerprint density at radius 1 is 0.900 bits per heavy atom. The van der Waals surface area contributed by atoms with Crippen molar-refractivity contribution in [3.05, 3.63) is 112 Å². The average Bonchev–Trinajstić information content (AvgIpc) is 3.25. The number of hydrogen-bond donors (Lipinski definition) is 6. The fourth-order valence-corrected chi connectivity index (χ4v) is 6.03. The molecule has 5 rings (SSSR count). The Morgan fingerprint density at radius 3 is 2.27 bits per heavy atom. The fraction of sp³-hybridized carbons (Fsp3) is 0.317. The number of aromatic nitrogens is 4. The van der Waals surface area contributed by atoms with Gasteiger partial charge in [0.05, 0.1) is 49.5 Å². The summed E-state index contributed by atoms with van der Waals surface area (Å²) in [5.74, 6) is -0.874. The number of carbonyl (C=O) groups excluding carboxylic acids is 4. The molecule has 5 aromatic rings. The summed E-state index contributed by atoms with van der Waals surface area (Å²) in [6, 6.07) is 20.7. The zero-order valence-corrected chi connectivity index (χ0v) is 34.6. The molecule has 0 saturated carbocycles. The van der Waals surface area contributed by atoms with Crippen LogP contribution in [0.25, 0.3) is 11.2 Å². The molecule has 320 valence electrons. The standard InChI is InChI=1S/C26H34NO7P.C14H13N7O2.CH4O/c1-3-31-35(32-4-2)33-20-10-8-11-21-15-17-22(18-16-21)34-26(30)23-12-5-6-13-24(23)27-25(29)14-7-9-19-28;15-11(22)7-1-3-8(4-2-7)17-5-9-6-18-12-10(19-9)13(23)21-14(16)20-12;1-2/h5-6,12-13,15-19H,3-4,7-11,14,20H2,1-2H3,(H,27,29);1-4,6,17H,5H2,(H2,15,22)(H3,16,18,20,21,23);2H,1H3. The van der Waals surface area contributed by atoms with Gasteiger partial charge in [0.1, 0.15) is 12.0 Å². The number of carbonyl (C=O) groups is 4. The van der Waals surface area contributed by atoms with Crippen LogP contribution in [0, 0.1) is 0 Å². The van der Waals surface area contributed by atoms with E-state index in [1.807, 2.05) is 26.0 Å². The van der Waals surface area contributed by atoms with Gasteiger partial charge in [-0.1, -0.05) is 24.3 Å². The van der Waals surface area contributed by atoms with E-state index in [4.69, 9.17) is 34.9 Å². The summed E-state index contributed by atoms with van der Waals surface area (Å²) in [6.45, 7) is 5.87. The molecule has 19 heteroatoms. The number of ether oxygens (including phenoxy) is 1. The molecule has 2 aromatic heterocycles. The van der Waals surface area contributed by atoms with Gasteiger partial charge in [-0.05, 0) is 93.6 Å². The van der Waals surface area contributed by atoms with E-state index in [0.29, 0.717) is 61.9 Å². The number of fused-ring (bicyclic) bond motifs is 1. The first-order chi connectivity index (χ1) is 29.1. The minimum Gasteiger partial charge on any atom is -0.423 e. The summed E-state index contributed by atoms with van der Waals surface area (Å²) in [6.07, 6.45) is 5.98. The van der Waals surface area contributed by atoms with E-state index in [9.17, 15) is 24.0 Å². The summed E-state index contributed by atoms with van der Waals surface area (Å²) in [5.41, 5.74) is 14.1. The number of amides is 2. The second-order valence-electron chi connectivity index (χ2n) is 12.3. The molecule has 0 fully saturated rings. The molecule has 0 saturated heterocycles. The third-order valence-electron chi connectivity index (χ3n) is 7.94. The second-order valence-corrected chi connectivity index (χ2v) is 13.5. The predicted octanol–water partition coefficient (Wildman–Crippen LogP) is 5.47. The van der Waals surface area contributed by atoms with Crippen LogP contribution in [-0.4, -0.2) is 76.0 Å². The highest BCUT2D eigenvalue weighted by molar-refractivity contribution is 7.41. The molecule has 0 aliphatic carbocycles. The van der Waals surface area contributed by atoms with Gasteiger partial charge in [-0.2, -0.15) is 4.98 Å². The van der Waals surface area contributed by atoms with Crippen LogP contribution in [0.2, 0.25) is 0 Å². The van der Waals surface area contributed by atoms with Gasteiger partial charge < -0.3 is 50.3 Å². The number of hydrogen-bond acceptors (Lipinski definition) is 15. The number of aliphatic hydroxyl groups excluding tert-OH is 1. The van der Waals surface area contributed by atoms with Crippen molar-refractivity contribution in [1.29, 1.82) is 0 Å². The quantitative estimate of drug-likeness (QED) is 0.0176. The Kier molecular flexibility index (Phi) is 21.5. The number of unbranched alkanes of at least 4 members (excludes halogenated alkanes) is 2. The van der Waals surface area contributed by atoms with Gasteiger partial charge in [-0.15, -0.1) is 0 Å². The number of nitrogens with one attached hydrogen (secondary N) is 3. The Balaban J connectivity index is 0.000000331. The number of H-pyrrole nitrogens is 1. The smallest absolute Gasteiger partial charge is 0.345 e. The summed E-state index contributed by atoms with van der Waals surface area (Å²) < 4.78 is 22.0. The van der Waals surface area contributed by atoms with Gasteiger partial charge in [0, 0.05) is 31.2 Å². The topological polar surface area (TPSA) is 273 Å². The number of nitrogens with zero attached hydrogens (tertiary/aromatic N) is 3. The Hall–Kier alpha value is -6.17. The lowest BCUT2D eigenvalue weighted by atomic mass is 10.1. The molecule has 18 nitrogen and oxygen atoms in total. The summed E-state index contributed by atoms with van der Waals surface area (Å²) in [7, 11) is -0.260. The van der Waals surface area contributed by atoms with Crippen LogP contribution in [0.4, 0.5) is 17.3 Å². The summed E-state index contributed by atoms with van der Waals surface area (Å²) >= 11 is 0. The number of aryl methyl sites for hydroxylation is 1. The number of esters is 1. The first-order valence-corrected chi connectivity index (χ1v) is 20.1. The van der Waals surface area contributed by atoms with Crippen LogP contribution in [-0.2, 0) is 36.1 Å². The lowest BCUT2D eigenvalue weighted by Gasteiger charge is -2.14. The van der Waals surface area contributed by atoms with Crippen LogP contribution in [0.3, 0.4) is 0 Å². The molecule has 0 aliphatic rings. The molecule has 60 heavy (non-hydrogen) atoms. The highest BCUT2D eigenvalue weighted by Crippen LogP contribution is 2.39. The fourth-order valence-electron chi connectivity index (χ4n) is 5.11. The number of para-hydroxylation sites is 1. The number of benzene rings is 3. The monoisotopic (exact) mass is 846 g/mol. The van der Waals surface area contributed by atoms with Gasteiger partial charge in [0.15, 0.2) is 11.2 Å². The third kappa shape index (κ3) is 16.6. The maximum absolute atomic E-state index is 12.7. The summed E-state index contributed by atoms with van der Waals surface area (Å²) in [5, 5.41) is 12.8. The molecule has 2 heterocycles. The largest absolute Gasteiger partial charge is 0.423 e. The first-order valence-electron chi connectivity index (χ1n) is 19.0. The lowest BCUT2D eigenvalue weighted by molar-refractivity contribution is -0.116. The molecule has 0 bridgehead atoms. The molecule has 2 amide bonds. The number of aldehydes is 1. The van der Waals surface area contributed by atoms with Crippen LogP contribution in [0.1, 0.15) is 77.9 Å². The van der Waals surface area contributed by atoms with E-state index in [1.165, 1.54) is 6.20 Å². The van der Waals surface area contributed by atoms with E-state index in [-0.39, 0.29) is 35.0 Å². The van der Waals surface area contributed by atoms with Crippen LogP contribution < -0.4 is 32.4 Å². The molecular formula is C41H51N8O10P. The van der Waals surface area contributed by atoms with Gasteiger partial charge in [0.25, 0.3) is 5.56 Å². The number of rotatable bonds is 21. The van der Waals surface area contributed by atoms with Crippen molar-refractivity contribution in [3.8, 4) is 5.75 Å². The molecule has 3 aromatic carbocycles. The lowest BCUT2D eigenvalue weighted by Crippen LogP contribution is -2.16. The maximum atomic E-state index is 12.7. The molecule has 0 radical (unpaired) electrons. The number of aliphatic hydroxyl groups is 1. The highest BCUT2D eigenvalue weighted by atomic mass is 31.2. The van der Waals surface area contributed by atoms with Crippen molar-refractivity contribution in [2.75, 3.05) is 43.3 Å². The number of nitrogens with two attached hydrogens (primary N) is 2. The SMILES string of the molecule is CCOP(OCC)OCCCCc1ccc(OC(=O)c2ccccc2NC(=O)CCCC=O)cc1.CO.NC(=O)c1ccc(NCc2cnc3nc(N)[nH]c(=O)c3n2)cc1.